The van der Waals surface area contributed by atoms with Crippen LogP contribution < -0.4 is 10.6 Å². The SMILES string of the molecule is CC(C)C(NC(=O)c1cccc(NC(=O)C2CCCCC2)c1)c1nc(-c2cccnc2)no1. The zero-order valence-electron chi connectivity index (χ0n) is 19.0. The van der Waals surface area contributed by atoms with Crippen molar-refractivity contribution in [2.45, 2.75) is 52.0 Å². The molecule has 0 spiro atoms. The highest BCUT2D eigenvalue weighted by Gasteiger charge is 2.26. The molecule has 0 bridgehead atoms. The van der Waals surface area contributed by atoms with Crippen molar-refractivity contribution in [1.29, 1.82) is 0 Å². The molecule has 1 aromatic carbocycles. The predicted octanol–water partition coefficient (Wildman–Crippen LogP) is 4.78. The van der Waals surface area contributed by atoms with E-state index in [1.807, 2.05) is 19.9 Å². The Morgan fingerprint density at radius 1 is 1.09 bits per heavy atom. The van der Waals surface area contributed by atoms with E-state index in [4.69, 9.17) is 4.52 Å². The van der Waals surface area contributed by atoms with Crippen LogP contribution in [0.25, 0.3) is 11.4 Å². The van der Waals surface area contributed by atoms with Crippen LogP contribution in [0.15, 0.2) is 53.3 Å². The Hall–Kier alpha value is -3.55. The molecule has 0 radical (unpaired) electrons. The molecule has 0 aliphatic heterocycles. The minimum atomic E-state index is -0.462. The van der Waals surface area contributed by atoms with E-state index in [0.717, 1.165) is 31.2 Å². The Morgan fingerprint density at radius 2 is 1.91 bits per heavy atom. The number of rotatable bonds is 7. The van der Waals surface area contributed by atoms with E-state index in [0.29, 0.717) is 23.0 Å². The molecule has 3 aromatic rings. The molecule has 33 heavy (non-hydrogen) atoms. The molecule has 1 aliphatic carbocycles. The third-order valence-corrected chi connectivity index (χ3v) is 5.95. The van der Waals surface area contributed by atoms with Crippen LogP contribution in [0.5, 0.6) is 0 Å². The van der Waals surface area contributed by atoms with Crippen LogP contribution in [0, 0.1) is 11.8 Å². The molecule has 2 heterocycles. The Morgan fingerprint density at radius 3 is 2.64 bits per heavy atom. The summed E-state index contributed by atoms with van der Waals surface area (Å²) in [6.45, 7) is 3.94. The average molecular weight is 448 g/mol. The van der Waals surface area contributed by atoms with Crippen molar-refractivity contribution in [2.75, 3.05) is 5.32 Å². The molecule has 0 saturated heterocycles. The van der Waals surface area contributed by atoms with Crippen molar-refractivity contribution in [3.8, 4) is 11.4 Å². The van der Waals surface area contributed by atoms with Crippen molar-refractivity contribution in [3.05, 3.63) is 60.2 Å². The molecular formula is C25H29N5O3. The highest BCUT2D eigenvalue weighted by molar-refractivity contribution is 5.97. The molecule has 1 aliphatic rings. The Balaban J connectivity index is 1.45. The van der Waals surface area contributed by atoms with Crippen LogP contribution in [-0.2, 0) is 4.79 Å². The summed E-state index contributed by atoms with van der Waals surface area (Å²) < 4.78 is 5.46. The second-order valence-electron chi connectivity index (χ2n) is 8.80. The zero-order valence-corrected chi connectivity index (χ0v) is 19.0. The van der Waals surface area contributed by atoms with Gasteiger partial charge in [0.1, 0.15) is 6.04 Å². The van der Waals surface area contributed by atoms with Crippen LogP contribution in [0.4, 0.5) is 5.69 Å². The van der Waals surface area contributed by atoms with Crippen molar-refractivity contribution in [3.63, 3.8) is 0 Å². The lowest BCUT2D eigenvalue weighted by Crippen LogP contribution is -2.32. The van der Waals surface area contributed by atoms with Crippen LogP contribution in [-0.4, -0.2) is 26.9 Å². The minimum Gasteiger partial charge on any atom is -0.340 e. The van der Waals surface area contributed by atoms with Gasteiger partial charge < -0.3 is 15.2 Å². The molecule has 172 valence electrons. The quantitative estimate of drug-likeness (QED) is 0.539. The molecular weight excluding hydrogens is 418 g/mol. The van der Waals surface area contributed by atoms with Gasteiger partial charge >= 0.3 is 0 Å². The van der Waals surface area contributed by atoms with Crippen molar-refractivity contribution < 1.29 is 14.1 Å². The summed E-state index contributed by atoms with van der Waals surface area (Å²) in [5.74, 6) is 0.576. The standard InChI is InChI=1S/C25H29N5O3/c1-16(2)21(25-29-22(30-33-25)19-11-7-13-26-15-19)28-24(32)18-10-6-12-20(14-18)27-23(31)17-8-4-3-5-9-17/h6-7,10-17,21H,3-5,8-9H2,1-2H3,(H,27,31)(H,28,32). The Kier molecular flexibility index (Phi) is 7.12. The number of pyridine rings is 1. The number of aromatic nitrogens is 3. The number of carbonyl (C=O) groups is 2. The van der Waals surface area contributed by atoms with Crippen molar-refractivity contribution >= 4 is 17.5 Å². The lowest BCUT2D eigenvalue weighted by molar-refractivity contribution is -0.120. The predicted molar refractivity (Wildman–Crippen MR) is 124 cm³/mol. The highest BCUT2D eigenvalue weighted by atomic mass is 16.5. The van der Waals surface area contributed by atoms with Gasteiger partial charge in [0.05, 0.1) is 0 Å². The van der Waals surface area contributed by atoms with Gasteiger partial charge in [-0.1, -0.05) is 44.3 Å². The Bertz CT molecular complexity index is 1090. The van der Waals surface area contributed by atoms with Gasteiger partial charge in [-0.25, -0.2) is 0 Å². The van der Waals surface area contributed by atoms with Gasteiger partial charge in [0.15, 0.2) is 0 Å². The fraction of sp³-hybridized carbons (Fsp3) is 0.400. The summed E-state index contributed by atoms with van der Waals surface area (Å²) in [5.41, 5.74) is 1.81. The Labute approximate surface area is 193 Å². The topological polar surface area (TPSA) is 110 Å². The van der Waals surface area contributed by atoms with Gasteiger partial charge in [-0.3, -0.25) is 14.6 Å². The minimum absolute atomic E-state index is 0.0188. The van der Waals surface area contributed by atoms with E-state index < -0.39 is 6.04 Å². The molecule has 2 aromatic heterocycles. The average Bonchev–Trinajstić information content (AvgIpc) is 3.33. The summed E-state index contributed by atoms with van der Waals surface area (Å²) in [5, 5.41) is 10.0. The number of hydrogen-bond acceptors (Lipinski definition) is 6. The van der Waals surface area contributed by atoms with E-state index >= 15 is 0 Å². The van der Waals surface area contributed by atoms with Crippen LogP contribution >= 0.6 is 0 Å². The van der Waals surface area contributed by atoms with Gasteiger partial charge in [0, 0.05) is 35.1 Å². The molecule has 8 nitrogen and oxygen atoms in total. The number of anilines is 1. The van der Waals surface area contributed by atoms with Crippen molar-refractivity contribution in [1.82, 2.24) is 20.4 Å². The summed E-state index contributed by atoms with van der Waals surface area (Å²) in [6, 6.07) is 10.2. The highest BCUT2D eigenvalue weighted by Crippen LogP contribution is 2.26. The number of hydrogen-bond donors (Lipinski definition) is 2. The smallest absolute Gasteiger partial charge is 0.252 e. The second kappa shape index (κ2) is 10.4. The number of carbonyl (C=O) groups excluding carboxylic acids is 2. The monoisotopic (exact) mass is 447 g/mol. The van der Waals surface area contributed by atoms with Gasteiger partial charge in [-0.15, -0.1) is 0 Å². The number of benzene rings is 1. The maximum atomic E-state index is 13.0. The maximum absolute atomic E-state index is 13.0. The first kappa shape index (κ1) is 22.6. The molecule has 2 amide bonds. The van der Waals surface area contributed by atoms with Gasteiger partial charge in [0.2, 0.25) is 17.6 Å². The molecule has 1 saturated carbocycles. The number of amides is 2. The summed E-state index contributed by atoms with van der Waals surface area (Å²) in [6.07, 6.45) is 8.56. The van der Waals surface area contributed by atoms with Gasteiger partial charge in [-0.2, -0.15) is 4.98 Å². The molecule has 8 heteroatoms. The van der Waals surface area contributed by atoms with Gasteiger partial charge in [-0.05, 0) is 49.1 Å². The second-order valence-corrected chi connectivity index (χ2v) is 8.80. The molecule has 2 N–H and O–H groups in total. The largest absolute Gasteiger partial charge is 0.340 e. The summed E-state index contributed by atoms with van der Waals surface area (Å²) >= 11 is 0. The third-order valence-electron chi connectivity index (χ3n) is 5.95. The van der Waals surface area contributed by atoms with E-state index in [1.54, 1.807) is 42.7 Å². The van der Waals surface area contributed by atoms with Crippen LogP contribution in [0.3, 0.4) is 0 Å². The van der Waals surface area contributed by atoms with Crippen LogP contribution in [0.1, 0.15) is 68.2 Å². The summed E-state index contributed by atoms with van der Waals surface area (Å²) in [4.78, 5) is 34.1. The van der Waals surface area contributed by atoms with Gasteiger partial charge in [0.25, 0.3) is 5.91 Å². The molecule has 4 rings (SSSR count). The molecule has 1 atom stereocenters. The van der Waals surface area contributed by atoms with Crippen LogP contribution in [0.2, 0.25) is 0 Å². The van der Waals surface area contributed by atoms with Crippen molar-refractivity contribution in [2.24, 2.45) is 11.8 Å². The first-order chi connectivity index (χ1) is 16.0. The van der Waals surface area contributed by atoms with E-state index in [-0.39, 0.29) is 23.7 Å². The number of nitrogens with one attached hydrogen (secondary N) is 2. The molecule has 1 unspecified atom stereocenters. The fourth-order valence-electron chi connectivity index (χ4n) is 4.06. The zero-order chi connectivity index (χ0) is 23.2. The first-order valence-corrected chi connectivity index (χ1v) is 11.5. The lowest BCUT2D eigenvalue weighted by atomic mass is 9.88. The number of nitrogens with zero attached hydrogens (tertiary/aromatic N) is 3. The summed E-state index contributed by atoms with van der Waals surface area (Å²) in [7, 11) is 0. The van der Waals surface area contributed by atoms with E-state index in [9.17, 15) is 9.59 Å². The fourth-order valence-corrected chi connectivity index (χ4v) is 4.06. The molecule has 1 fully saturated rings. The third kappa shape index (κ3) is 5.63. The van der Waals surface area contributed by atoms with E-state index in [1.165, 1.54) is 6.42 Å². The maximum Gasteiger partial charge on any atom is 0.252 e. The first-order valence-electron chi connectivity index (χ1n) is 11.5. The lowest BCUT2D eigenvalue weighted by Gasteiger charge is -2.21. The van der Waals surface area contributed by atoms with E-state index in [2.05, 4.69) is 25.8 Å². The normalized spacial score (nSPS) is 15.2.